The molecule has 2 unspecified atom stereocenters. The van der Waals surface area contributed by atoms with Gasteiger partial charge in [-0.05, 0) is 31.0 Å². The fourth-order valence-corrected chi connectivity index (χ4v) is 3.52. The van der Waals surface area contributed by atoms with E-state index in [0.29, 0.717) is 19.6 Å². The Morgan fingerprint density at radius 2 is 2.04 bits per heavy atom. The first kappa shape index (κ1) is 21.7. The maximum absolute atomic E-state index is 12.9. The van der Waals surface area contributed by atoms with Gasteiger partial charge < -0.3 is 20.1 Å². The van der Waals surface area contributed by atoms with Gasteiger partial charge >= 0.3 is 0 Å². The Kier molecular flexibility index (Phi) is 6.90. The predicted octanol–water partition coefficient (Wildman–Crippen LogP) is 2.92. The van der Waals surface area contributed by atoms with E-state index in [1.54, 1.807) is 19.1 Å². The zero-order valence-electron chi connectivity index (χ0n) is 16.1. The average Bonchev–Trinajstić information content (AvgIpc) is 2.53. The molecule has 1 fully saturated rings. The van der Waals surface area contributed by atoms with Gasteiger partial charge in [0.25, 0.3) is 0 Å². The van der Waals surface area contributed by atoms with Crippen molar-refractivity contribution in [1.82, 2.24) is 4.90 Å². The number of aryl methyl sites for hydroxylation is 1. The van der Waals surface area contributed by atoms with E-state index in [-0.39, 0.29) is 29.8 Å². The molecule has 1 saturated carbocycles. The summed E-state index contributed by atoms with van der Waals surface area (Å²) in [6.07, 6.45) is 0.603. The third-order valence-electron chi connectivity index (χ3n) is 5.44. The number of carbonyl (C=O) groups is 1. The molecule has 1 aliphatic rings. The van der Waals surface area contributed by atoms with Gasteiger partial charge in [-0.2, -0.15) is 0 Å². The van der Waals surface area contributed by atoms with Crippen LogP contribution in [0, 0.1) is 12.3 Å². The Bertz CT molecular complexity index is 621. The first-order valence-electron chi connectivity index (χ1n) is 8.47. The number of rotatable bonds is 6. The van der Waals surface area contributed by atoms with Crippen LogP contribution in [0.25, 0.3) is 0 Å². The molecule has 1 aliphatic carbocycles. The van der Waals surface area contributed by atoms with E-state index in [1.165, 1.54) is 0 Å². The maximum Gasteiger partial charge on any atom is 0.243 e. The second kappa shape index (κ2) is 7.94. The molecule has 0 saturated heterocycles. The van der Waals surface area contributed by atoms with Crippen molar-refractivity contribution in [1.29, 1.82) is 0 Å². The quantitative estimate of drug-likeness (QED) is 0.836. The second-order valence-corrected chi connectivity index (χ2v) is 7.31. The average molecular weight is 371 g/mol. The summed E-state index contributed by atoms with van der Waals surface area (Å²) in [5.74, 6) is 0.819. The van der Waals surface area contributed by atoms with E-state index in [9.17, 15) is 4.79 Å². The highest BCUT2D eigenvalue weighted by atomic mass is 35.5. The van der Waals surface area contributed by atoms with Gasteiger partial charge in [0.2, 0.25) is 5.91 Å². The number of ether oxygens (including phenoxy) is 2. The number of methoxy groups -OCH3 is 1. The van der Waals surface area contributed by atoms with Gasteiger partial charge in [-0.15, -0.1) is 12.4 Å². The summed E-state index contributed by atoms with van der Waals surface area (Å²) in [6, 6.07) is 5.95. The fourth-order valence-electron chi connectivity index (χ4n) is 3.52. The Balaban J connectivity index is 0.00000312. The van der Waals surface area contributed by atoms with Crippen molar-refractivity contribution in [3.05, 3.63) is 29.3 Å². The molecule has 0 bridgehead atoms. The lowest BCUT2D eigenvalue weighted by Crippen LogP contribution is -2.75. The minimum atomic E-state index is -0.872. The zero-order valence-corrected chi connectivity index (χ0v) is 16.9. The number of nitrogens with two attached hydrogens (primary N) is 1. The number of hydrogen-bond donors (Lipinski definition) is 1. The summed E-state index contributed by atoms with van der Waals surface area (Å²) in [5, 5.41) is 0. The Morgan fingerprint density at radius 1 is 1.40 bits per heavy atom. The fraction of sp³-hybridized carbons (Fsp3) is 0.632. The van der Waals surface area contributed by atoms with Crippen molar-refractivity contribution in [2.45, 2.75) is 52.3 Å². The van der Waals surface area contributed by atoms with Gasteiger partial charge in [0.05, 0.1) is 13.2 Å². The molecule has 5 nitrogen and oxygen atoms in total. The van der Waals surface area contributed by atoms with Crippen molar-refractivity contribution in [3.63, 3.8) is 0 Å². The summed E-state index contributed by atoms with van der Waals surface area (Å²) in [6.45, 7) is 9.15. The van der Waals surface area contributed by atoms with Crippen LogP contribution in [0.1, 0.15) is 38.3 Å². The number of benzene rings is 1. The minimum absolute atomic E-state index is 0. The number of likely N-dealkylation sites (N-methyl/N-ethyl adjacent to an activating group) is 1. The second-order valence-electron chi connectivity index (χ2n) is 7.31. The third kappa shape index (κ3) is 3.78. The SMILES string of the molecule is CCOC1CC(N)(C(=O)N(C)Cc2ccc(OC)c(C)c2)C1(C)C.Cl. The van der Waals surface area contributed by atoms with E-state index in [0.717, 1.165) is 16.9 Å². The number of nitrogens with zero attached hydrogens (tertiary/aromatic N) is 1. The van der Waals surface area contributed by atoms with Gasteiger partial charge in [0.15, 0.2) is 0 Å². The van der Waals surface area contributed by atoms with Crippen LogP contribution in [0.5, 0.6) is 5.75 Å². The van der Waals surface area contributed by atoms with Gasteiger partial charge in [-0.1, -0.05) is 26.0 Å². The van der Waals surface area contributed by atoms with Gasteiger partial charge in [0, 0.05) is 32.0 Å². The molecule has 1 aromatic carbocycles. The zero-order chi connectivity index (χ0) is 18.1. The Labute approximate surface area is 157 Å². The van der Waals surface area contributed by atoms with E-state index in [2.05, 4.69) is 0 Å². The molecule has 2 atom stereocenters. The first-order valence-corrected chi connectivity index (χ1v) is 8.47. The molecule has 0 spiro atoms. The van der Waals surface area contributed by atoms with Crippen LogP contribution >= 0.6 is 12.4 Å². The molecule has 0 heterocycles. The van der Waals surface area contributed by atoms with Crippen LogP contribution in [0.3, 0.4) is 0 Å². The van der Waals surface area contributed by atoms with Crippen molar-refractivity contribution in [3.8, 4) is 5.75 Å². The molecule has 2 N–H and O–H groups in total. The first-order chi connectivity index (χ1) is 11.2. The van der Waals surface area contributed by atoms with Gasteiger partial charge in [-0.3, -0.25) is 4.79 Å². The summed E-state index contributed by atoms with van der Waals surface area (Å²) in [4.78, 5) is 14.7. The smallest absolute Gasteiger partial charge is 0.243 e. The van der Waals surface area contributed by atoms with Crippen molar-refractivity contribution < 1.29 is 14.3 Å². The van der Waals surface area contributed by atoms with Gasteiger partial charge in [0.1, 0.15) is 11.3 Å². The Hall–Kier alpha value is -1.30. The predicted molar refractivity (Wildman–Crippen MR) is 102 cm³/mol. The normalized spacial score (nSPS) is 24.0. The molecule has 0 radical (unpaired) electrons. The molecule has 6 heteroatoms. The van der Waals surface area contributed by atoms with Crippen LogP contribution in [0.15, 0.2) is 18.2 Å². The molecule has 1 aromatic rings. The summed E-state index contributed by atoms with van der Waals surface area (Å²) >= 11 is 0. The molecular weight excluding hydrogens is 340 g/mol. The number of amides is 1. The van der Waals surface area contributed by atoms with E-state index in [4.69, 9.17) is 15.2 Å². The van der Waals surface area contributed by atoms with Crippen molar-refractivity contribution >= 4 is 18.3 Å². The molecular formula is C19H31ClN2O3. The standard InChI is InChI=1S/C19H30N2O3.ClH/c1-7-24-16-11-19(20,18(16,3)4)17(22)21(5)12-14-8-9-15(23-6)13(2)10-14;/h8-10,16H,7,11-12,20H2,1-6H3;1H. The number of carbonyl (C=O) groups excluding carboxylic acids is 1. The molecule has 1 amide bonds. The van der Waals surface area contributed by atoms with Crippen LogP contribution in [-0.2, 0) is 16.1 Å². The van der Waals surface area contributed by atoms with Crippen LogP contribution in [0.2, 0.25) is 0 Å². The topological polar surface area (TPSA) is 64.8 Å². The van der Waals surface area contributed by atoms with Crippen LogP contribution in [-0.4, -0.2) is 43.2 Å². The van der Waals surface area contributed by atoms with E-state index in [1.807, 2.05) is 45.9 Å². The summed E-state index contributed by atoms with van der Waals surface area (Å²) in [7, 11) is 3.46. The highest BCUT2D eigenvalue weighted by Gasteiger charge is 2.63. The monoisotopic (exact) mass is 370 g/mol. The lowest BCUT2D eigenvalue weighted by molar-refractivity contribution is -0.178. The highest BCUT2D eigenvalue weighted by molar-refractivity contribution is 5.88. The van der Waals surface area contributed by atoms with E-state index < -0.39 is 5.54 Å². The molecule has 142 valence electrons. The van der Waals surface area contributed by atoms with Crippen molar-refractivity contribution in [2.75, 3.05) is 20.8 Å². The summed E-state index contributed by atoms with van der Waals surface area (Å²) in [5.41, 5.74) is 7.36. The lowest BCUT2D eigenvalue weighted by atomic mass is 9.54. The third-order valence-corrected chi connectivity index (χ3v) is 5.44. The molecule has 25 heavy (non-hydrogen) atoms. The van der Waals surface area contributed by atoms with Crippen molar-refractivity contribution in [2.24, 2.45) is 11.1 Å². The number of halogens is 1. The lowest BCUT2D eigenvalue weighted by Gasteiger charge is -2.58. The largest absolute Gasteiger partial charge is 0.496 e. The minimum Gasteiger partial charge on any atom is -0.496 e. The molecule has 0 aromatic heterocycles. The Morgan fingerprint density at radius 3 is 2.52 bits per heavy atom. The van der Waals surface area contributed by atoms with E-state index >= 15 is 0 Å². The molecule has 0 aliphatic heterocycles. The van der Waals surface area contributed by atoms with Crippen LogP contribution < -0.4 is 10.5 Å². The maximum atomic E-state index is 12.9. The summed E-state index contributed by atoms with van der Waals surface area (Å²) < 4.78 is 11.0. The number of hydrogen-bond acceptors (Lipinski definition) is 4. The van der Waals surface area contributed by atoms with Gasteiger partial charge in [-0.25, -0.2) is 0 Å². The van der Waals surface area contributed by atoms with Crippen LogP contribution in [0.4, 0.5) is 0 Å². The highest BCUT2D eigenvalue weighted by Crippen LogP contribution is 2.50. The molecule has 2 rings (SSSR count).